The predicted molar refractivity (Wildman–Crippen MR) is 89.0 cm³/mol. The summed E-state index contributed by atoms with van der Waals surface area (Å²) in [6.45, 7) is 1.80. The van der Waals surface area contributed by atoms with Crippen molar-refractivity contribution in [2.24, 2.45) is 0 Å². The first kappa shape index (κ1) is 17.1. The van der Waals surface area contributed by atoms with E-state index in [-0.39, 0.29) is 5.56 Å². The Labute approximate surface area is 145 Å². The van der Waals surface area contributed by atoms with Crippen LogP contribution in [0.15, 0.2) is 54.0 Å². The number of aromatic nitrogens is 2. The first-order chi connectivity index (χ1) is 11.9. The highest BCUT2D eigenvalue weighted by Crippen LogP contribution is 2.31. The summed E-state index contributed by atoms with van der Waals surface area (Å²) in [5.41, 5.74) is 0.325. The highest BCUT2D eigenvalue weighted by Gasteiger charge is 2.32. The van der Waals surface area contributed by atoms with E-state index in [9.17, 15) is 18.0 Å². The molecule has 128 valence electrons. The van der Waals surface area contributed by atoms with Crippen LogP contribution in [0.5, 0.6) is 0 Å². The fourth-order valence-corrected chi connectivity index (χ4v) is 2.97. The van der Waals surface area contributed by atoms with Crippen LogP contribution in [0, 0.1) is 6.92 Å². The van der Waals surface area contributed by atoms with E-state index in [0.717, 1.165) is 24.0 Å². The Morgan fingerprint density at radius 1 is 1.12 bits per heavy atom. The smallest absolute Gasteiger partial charge is 0.268 e. The van der Waals surface area contributed by atoms with Gasteiger partial charge in [-0.1, -0.05) is 18.2 Å². The number of amides is 1. The lowest BCUT2D eigenvalue weighted by Gasteiger charge is -2.20. The van der Waals surface area contributed by atoms with Gasteiger partial charge in [0.15, 0.2) is 5.13 Å². The lowest BCUT2D eigenvalue weighted by Crippen LogP contribution is -2.26. The summed E-state index contributed by atoms with van der Waals surface area (Å²) in [4.78, 5) is 21.9. The minimum absolute atomic E-state index is 0.0460. The largest absolute Gasteiger partial charge is 0.433 e. The zero-order valence-corrected chi connectivity index (χ0v) is 13.8. The van der Waals surface area contributed by atoms with Gasteiger partial charge in [0.2, 0.25) is 0 Å². The number of halogens is 3. The van der Waals surface area contributed by atoms with Crippen LogP contribution in [0.25, 0.3) is 0 Å². The van der Waals surface area contributed by atoms with Crippen molar-refractivity contribution in [1.82, 2.24) is 9.97 Å². The molecule has 0 atom stereocenters. The van der Waals surface area contributed by atoms with Crippen LogP contribution in [-0.2, 0) is 6.18 Å². The van der Waals surface area contributed by atoms with Crippen molar-refractivity contribution in [3.05, 3.63) is 71.0 Å². The minimum atomic E-state index is -4.55. The third kappa shape index (κ3) is 3.69. The Morgan fingerprint density at radius 2 is 1.84 bits per heavy atom. The first-order valence-corrected chi connectivity index (χ1v) is 8.09. The van der Waals surface area contributed by atoms with Gasteiger partial charge < -0.3 is 0 Å². The van der Waals surface area contributed by atoms with Crippen molar-refractivity contribution in [3.63, 3.8) is 0 Å². The number of hydrogen-bond donors (Lipinski definition) is 0. The van der Waals surface area contributed by atoms with Gasteiger partial charge in [0.05, 0.1) is 16.9 Å². The van der Waals surface area contributed by atoms with E-state index in [1.54, 1.807) is 42.6 Å². The predicted octanol–water partition coefficient (Wildman–Crippen LogP) is 4.84. The van der Waals surface area contributed by atoms with Gasteiger partial charge in [-0.05, 0) is 31.2 Å². The SMILES string of the molecule is Cc1csc(N(C(=O)c2ccc(C(F)(F)F)nc2)c2ccccc2)n1. The van der Waals surface area contributed by atoms with Gasteiger partial charge in [-0.3, -0.25) is 14.7 Å². The molecule has 0 radical (unpaired) electrons. The van der Waals surface area contributed by atoms with E-state index in [0.29, 0.717) is 10.8 Å². The van der Waals surface area contributed by atoms with Crippen molar-refractivity contribution in [3.8, 4) is 0 Å². The number of carbonyl (C=O) groups excluding carboxylic acids is 1. The molecule has 0 N–H and O–H groups in total. The summed E-state index contributed by atoms with van der Waals surface area (Å²) in [6, 6.07) is 10.7. The van der Waals surface area contributed by atoms with E-state index in [1.165, 1.54) is 16.2 Å². The molecule has 1 amide bonds. The summed E-state index contributed by atoms with van der Waals surface area (Å²) in [5, 5.41) is 2.23. The lowest BCUT2D eigenvalue weighted by atomic mass is 10.2. The van der Waals surface area contributed by atoms with Gasteiger partial charge in [-0.2, -0.15) is 13.2 Å². The third-order valence-corrected chi connectivity index (χ3v) is 4.26. The molecule has 1 aromatic carbocycles. The molecule has 2 heterocycles. The maximum absolute atomic E-state index is 12.9. The number of anilines is 2. The van der Waals surface area contributed by atoms with Crippen LogP contribution in [0.2, 0.25) is 0 Å². The maximum atomic E-state index is 12.9. The molecule has 8 heteroatoms. The van der Waals surface area contributed by atoms with Crippen LogP contribution >= 0.6 is 11.3 Å². The van der Waals surface area contributed by atoms with Crippen LogP contribution in [0.4, 0.5) is 24.0 Å². The molecule has 2 aromatic heterocycles. The zero-order chi connectivity index (χ0) is 18.0. The number of benzene rings is 1. The Balaban J connectivity index is 2.00. The molecule has 0 saturated heterocycles. The van der Waals surface area contributed by atoms with E-state index in [1.807, 2.05) is 0 Å². The monoisotopic (exact) mass is 363 g/mol. The number of carbonyl (C=O) groups is 1. The molecule has 0 aliphatic carbocycles. The van der Waals surface area contributed by atoms with E-state index >= 15 is 0 Å². The molecule has 0 saturated carbocycles. The molecular weight excluding hydrogens is 351 g/mol. The second-order valence-corrected chi connectivity index (χ2v) is 6.01. The van der Waals surface area contributed by atoms with Crippen LogP contribution in [-0.4, -0.2) is 15.9 Å². The first-order valence-electron chi connectivity index (χ1n) is 7.21. The van der Waals surface area contributed by atoms with Gasteiger partial charge >= 0.3 is 6.18 Å². The molecule has 3 rings (SSSR count). The van der Waals surface area contributed by atoms with Crippen LogP contribution < -0.4 is 4.90 Å². The second-order valence-electron chi connectivity index (χ2n) is 5.18. The van der Waals surface area contributed by atoms with Gasteiger partial charge in [-0.15, -0.1) is 11.3 Å². The van der Waals surface area contributed by atoms with Gasteiger partial charge in [0.1, 0.15) is 5.69 Å². The molecule has 0 bridgehead atoms. The number of para-hydroxylation sites is 1. The highest BCUT2D eigenvalue weighted by atomic mass is 32.1. The quantitative estimate of drug-likeness (QED) is 0.669. The van der Waals surface area contributed by atoms with E-state index in [2.05, 4.69) is 9.97 Å². The molecule has 0 aliphatic heterocycles. The fraction of sp³-hybridized carbons (Fsp3) is 0.118. The Morgan fingerprint density at radius 3 is 2.36 bits per heavy atom. The number of hydrogen-bond acceptors (Lipinski definition) is 4. The number of nitrogens with zero attached hydrogens (tertiary/aromatic N) is 3. The molecule has 0 spiro atoms. The summed E-state index contributed by atoms with van der Waals surface area (Å²) in [7, 11) is 0. The Kier molecular flexibility index (Phi) is 4.54. The van der Waals surface area contributed by atoms with Crippen molar-refractivity contribution < 1.29 is 18.0 Å². The number of pyridine rings is 1. The number of rotatable bonds is 3. The summed E-state index contributed by atoms with van der Waals surface area (Å²) >= 11 is 1.28. The highest BCUT2D eigenvalue weighted by molar-refractivity contribution is 7.14. The van der Waals surface area contributed by atoms with E-state index < -0.39 is 17.8 Å². The summed E-state index contributed by atoms with van der Waals surface area (Å²) in [5.74, 6) is -0.498. The molecule has 25 heavy (non-hydrogen) atoms. The normalized spacial score (nSPS) is 11.4. The van der Waals surface area contributed by atoms with Crippen molar-refractivity contribution >= 4 is 28.1 Å². The zero-order valence-electron chi connectivity index (χ0n) is 13.0. The molecule has 3 aromatic rings. The van der Waals surface area contributed by atoms with Crippen molar-refractivity contribution in [2.75, 3.05) is 4.90 Å². The Bertz CT molecular complexity index is 876. The minimum Gasteiger partial charge on any atom is -0.268 e. The van der Waals surface area contributed by atoms with Gasteiger partial charge in [0, 0.05) is 11.6 Å². The number of aryl methyl sites for hydroxylation is 1. The molecule has 0 aliphatic rings. The molecule has 4 nitrogen and oxygen atoms in total. The van der Waals surface area contributed by atoms with Crippen molar-refractivity contribution in [1.29, 1.82) is 0 Å². The average molecular weight is 363 g/mol. The molecular formula is C17H12F3N3OS. The average Bonchev–Trinajstić information content (AvgIpc) is 3.01. The lowest BCUT2D eigenvalue weighted by molar-refractivity contribution is -0.141. The standard InChI is InChI=1S/C17H12F3N3OS/c1-11-10-25-16(22-11)23(13-5-3-2-4-6-13)15(24)12-7-8-14(21-9-12)17(18,19)20/h2-10H,1H3. The van der Waals surface area contributed by atoms with E-state index in [4.69, 9.17) is 0 Å². The third-order valence-electron chi connectivity index (χ3n) is 3.32. The van der Waals surface area contributed by atoms with Gasteiger partial charge in [0.25, 0.3) is 5.91 Å². The fourth-order valence-electron chi connectivity index (χ4n) is 2.15. The summed E-state index contributed by atoms with van der Waals surface area (Å²) < 4.78 is 37.9. The maximum Gasteiger partial charge on any atom is 0.433 e. The van der Waals surface area contributed by atoms with Crippen LogP contribution in [0.3, 0.4) is 0 Å². The van der Waals surface area contributed by atoms with Gasteiger partial charge in [-0.25, -0.2) is 4.98 Å². The molecule has 0 unspecified atom stereocenters. The topological polar surface area (TPSA) is 46.1 Å². The van der Waals surface area contributed by atoms with Crippen LogP contribution in [0.1, 0.15) is 21.7 Å². The second kappa shape index (κ2) is 6.64. The van der Waals surface area contributed by atoms with Crippen molar-refractivity contribution in [2.45, 2.75) is 13.1 Å². The molecule has 0 fully saturated rings. The number of thiazole rings is 1. The Hall–Kier alpha value is -2.74. The number of alkyl halides is 3. The summed E-state index contributed by atoms with van der Waals surface area (Å²) in [6.07, 6.45) is -3.62.